The number of amides is 2. The summed E-state index contributed by atoms with van der Waals surface area (Å²) in [6, 6.07) is 9.47. The molecule has 8 nitrogen and oxygen atoms in total. The maximum Gasteiger partial charge on any atom is 0.259 e. The third-order valence-corrected chi connectivity index (χ3v) is 7.22. The summed E-state index contributed by atoms with van der Waals surface area (Å²) < 4.78 is 1.65. The second kappa shape index (κ2) is 8.66. The van der Waals surface area contributed by atoms with Crippen molar-refractivity contribution in [2.45, 2.75) is 38.6 Å². The van der Waals surface area contributed by atoms with Crippen LogP contribution in [0.3, 0.4) is 0 Å². The van der Waals surface area contributed by atoms with Gasteiger partial charge >= 0.3 is 0 Å². The molecule has 0 aliphatic carbocycles. The van der Waals surface area contributed by atoms with Crippen LogP contribution in [-0.4, -0.2) is 44.6 Å². The second-order valence-corrected chi connectivity index (χ2v) is 9.97. The zero-order valence-corrected chi connectivity index (χ0v) is 20.2. The van der Waals surface area contributed by atoms with Crippen LogP contribution in [0.5, 0.6) is 0 Å². The van der Waals surface area contributed by atoms with E-state index in [4.69, 9.17) is 0 Å². The van der Waals surface area contributed by atoms with Gasteiger partial charge in [-0.3, -0.25) is 24.2 Å². The van der Waals surface area contributed by atoms with Gasteiger partial charge in [0.25, 0.3) is 11.8 Å². The molecule has 2 aliphatic heterocycles. The Bertz CT molecular complexity index is 1340. The fourth-order valence-electron chi connectivity index (χ4n) is 5.34. The van der Waals surface area contributed by atoms with E-state index < -0.39 is 5.54 Å². The Morgan fingerprint density at radius 3 is 2.63 bits per heavy atom. The number of likely N-dealkylation sites (tertiary alicyclic amines) is 1. The normalized spacial score (nSPS) is 17.4. The van der Waals surface area contributed by atoms with Crippen molar-refractivity contribution in [1.29, 1.82) is 5.26 Å². The highest BCUT2D eigenvalue weighted by molar-refractivity contribution is 6.12. The van der Waals surface area contributed by atoms with Crippen molar-refractivity contribution in [2.75, 3.05) is 18.0 Å². The van der Waals surface area contributed by atoms with E-state index in [0.29, 0.717) is 22.6 Å². The molecule has 0 N–H and O–H groups in total. The first-order valence-electron chi connectivity index (χ1n) is 11.9. The van der Waals surface area contributed by atoms with Crippen molar-refractivity contribution in [1.82, 2.24) is 19.7 Å². The molecule has 2 aliphatic rings. The van der Waals surface area contributed by atoms with Gasteiger partial charge in [-0.1, -0.05) is 0 Å². The van der Waals surface area contributed by atoms with Gasteiger partial charge in [0.2, 0.25) is 0 Å². The number of hydrogen-bond acceptors (Lipinski definition) is 5. The van der Waals surface area contributed by atoms with E-state index in [9.17, 15) is 14.9 Å². The lowest BCUT2D eigenvalue weighted by atomic mass is 9.90. The van der Waals surface area contributed by atoms with Crippen LogP contribution >= 0.6 is 0 Å². The lowest BCUT2D eigenvalue weighted by Gasteiger charge is -2.33. The van der Waals surface area contributed by atoms with Crippen LogP contribution < -0.4 is 4.90 Å². The summed E-state index contributed by atoms with van der Waals surface area (Å²) in [6.45, 7) is 5.44. The minimum atomic E-state index is -0.586. The van der Waals surface area contributed by atoms with Crippen LogP contribution in [-0.2, 0) is 19.0 Å². The molecule has 4 heterocycles. The molecule has 5 rings (SSSR count). The van der Waals surface area contributed by atoms with Gasteiger partial charge in [-0.15, -0.1) is 0 Å². The average molecular weight is 469 g/mol. The molecule has 1 aromatic carbocycles. The summed E-state index contributed by atoms with van der Waals surface area (Å²) in [4.78, 5) is 34.1. The predicted octanol–water partition coefficient (Wildman–Crippen LogP) is 3.68. The van der Waals surface area contributed by atoms with Gasteiger partial charge in [-0.25, -0.2) is 0 Å². The Morgan fingerprint density at radius 2 is 1.94 bits per heavy atom. The lowest BCUT2D eigenvalue weighted by molar-refractivity contribution is 0.0690. The van der Waals surface area contributed by atoms with Gasteiger partial charge in [-0.05, 0) is 74.4 Å². The maximum atomic E-state index is 13.3. The molecule has 0 radical (unpaired) electrons. The first-order chi connectivity index (χ1) is 16.8. The van der Waals surface area contributed by atoms with Crippen LogP contribution in [0, 0.1) is 17.2 Å². The molecule has 35 heavy (non-hydrogen) atoms. The molecule has 1 saturated heterocycles. The lowest BCUT2D eigenvalue weighted by Crippen LogP contribution is -2.39. The van der Waals surface area contributed by atoms with Gasteiger partial charge in [0.1, 0.15) is 0 Å². The molecule has 2 amide bonds. The van der Waals surface area contributed by atoms with Crippen molar-refractivity contribution in [3.8, 4) is 6.07 Å². The summed E-state index contributed by atoms with van der Waals surface area (Å²) in [6.07, 6.45) is 9.67. The number of aromatic nitrogens is 3. The zero-order valence-electron chi connectivity index (χ0n) is 20.2. The molecule has 2 aromatic heterocycles. The number of fused-ring (bicyclic) bond motifs is 1. The third kappa shape index (κ3) is 4.08. The number of benzene rings is 1. The number of piperidine rings is 1. The molecular weight excluding hydrogens is 440 g/mol. The number of carbonyl (C=O) groups is 2. The highest BCUT2D eigenvalue weighted by Gasteiger charge is 2.44. The summed E-state index contributed by atoms with van der Waals surface area (Å²) >= 11 is 0. The summed E-state index contributed by atoms with van der Waals surface area (Å²) in [5.74, 6) is 0.410. The number of aryl methyl sites for hydroxylation is 1. The van der Waals surface area contributed by atoms with Gasteiger partial charge in [-0.2, -0.15) is 10.4 Å². The number of rotatable bonds is 4. The van der Waals surface area contributed by atoms with Crippen molar-refractivity contribution < 1.29 is 9.59 Å². The molecule has 0 unspecified atom stereocenters. The number of anilines is 1. The van der Waals surface area contributed by atoms with Crippen LogP contribution in [0.25, 0.3) is 0 Å². The van der Waals surface area contributed by atoms with E-state index in [2.05, 4.69) is 22.2 Å². The minimum Gasteiger partial charge on any atom is -0.339 e. The van der Waals surface area contributed by atoms with Crippen molar-refractivity contribution in [2.24, 2.45) is 13.0 Å². The van der Waals surface area contributed by atoms with E-state index in [1.165, 1.54) is 0 Å². The van der Waals surface area contributed by atoms with Crippen molar-refractivity contribution in [3.05, 3.63) is 76.9 Å². The van der Waals surface area contributed by atoms with Gasteiger partial charge in [0.05, 0.1) is 40.8 Å². The van der Waals surface area contributed by atoms with Crippen molar-refractivity contribution in [3.63, 3.8) is 0 Å². The molecule has 0 spiro atoms. The Kier molecular flexibility index (Phi) is 5.64. The quantitative estimate of drug-likeness (QED) is 0.582. The van der Waals surface area contributed by atoms with Gasteiger partial charge in [0.15, 0.2) is 0 Å². The standard InChI is InChI=1S/C27H28N6O2/c1-27(2)24-12-19(13-28)4-5-23(24)26(35)33(27)22-11-20(14-29-16-22)10-18-6-8-32(9-7-18)25(34)21-15-30-31(3)17-21/h4-5,11-12,14-18H,6-10H2,1-3H3. The molecule has 0 atom stereocenters. The molecular formula is C27H28N6O2. The molecule has 1 fully saturated rings. The largest absolute Gasteiger partial charge is 0.339 e. The predicted molar refractivity (Wildman–Crippen MR) is 131 cm³/mol. The topological polar surface area (TPSA) is 95.1 Å². The molecule has 8 heteroatoms. The maximum absolute atomic E-state index is 13.3. The second-order valence-electron chi connectivity index (χ2n) is 9.97. The van der Waals surface area contributed by atoms with Gasteiger partial charge in [0, 0.05) is 38.1 Å². The van der Waals surface area contributed by atoms with E-state index in [1.54, 1.807) is 40.3 Å². The summed E-state index contributed by atoms with van der Waals surface area (Å²) in [5, 5.41) is 13.4. The number of pyridine rings is 1. The van der Waals surface area contributed by atoms with E-state index in [0.717, 1.165) is 49.2 Å². The van der Waals surface area contributed by atoms with Crippen LogP contribution in [0.1, 0.15) is 64.1 Å². The molecule has 3 aromatic rings. The highest BCUT2D eigenvalue weighted by Crippen LogP contribution is 2.42. The average Bonchev–Trinajstić information content (AvgIpc) is 3.37. The number of hydrogen-bond donors (Lipinski definition) is 0. The minimum absolute atomic E-state index is 0.0362. The van der Waals surface area contributed by atoms with Crippen molar-refractivity contribution >= 4 is 17.5 Å². The Morgan fingerprint density at radius 1 is 1.17 bits per heavy atom. The first kappa shape index (κ1) is 22.8. The van der Waals surface area contributed by atoms with E-state index in [-0.39, 0.29) is 11.8 Å². The molecule has 178 valence electrons. The SMILES string of the molecule is Cn1cc(C(=O)N2CCC(Cc3cncc(N4C(=O)c5ccc(C#N)cc5C4(C)C)c3)CC2)cn1. The Labute approximate surface area is 204 Å². The number of carbonyl (C=O) groups excluding carboxylic acids is 2. The van der Waals surface area contributed by atoms with Crippen LogP contribution in [0.4, 0.5) is 5.69 Å². The van der Waals surface area contributed by atoms with E-state index in [1.807, 2.05) is 38.1 Å². The monoisotopic (exact) mass is 468 g/mol. The molecule has 0 saturated carbocycles. The van der Waals surface area contributed by atoms with Crippen LogP contribution in [0.2, 0.25) is 0 Å². The molecule has 0 bridgehead atoms. The summed E-state index contributed by atoms with van der Waals surface area (Å²) in [5.41, 5.74) is 3.92. The number of nitrogens with zero attached hydrogens (tertiary/aromatic N) is 6. The fourth-order valence-corrected chi connectivity index (χ4v) is 5.34. The number of nitriles is 1. The Hall–Kier alpha value is -3.99. The zero-order chi connectivity index (χ0) is 24.7. The highest BCUT2D eigenvalue weighted by atomic mass is 16.2. The Balaban J connectivity index is 1.28. The smallest absolute Gasteiger partial charge is 0.259 e. The summed E-state index contributed by atoms with van der Waals surface area (Å²) in [7, 11) is 1.81. The van der Waals surface area contributed by atoms with Crippen LogP contribution in [0.15, 0.2) is 49.1 Å². The first-order valence-corrected chi connectivity index (χ1v) is 11.9. The fraction of sp³-hybridized carbons (Fsp3) is 0.370. The van der Waals surface area contributed by atoms with E-state index >= 15 is 0 Å². The third-order valence-electron chi connectivity index (χ3n) is 7.22. The van der Waals surface area contributed by atoms with Gasteiger partial charge < -0.3 is 4.90 Å².